The number of hydrogen-bond acceptors (Lipinski definition) is 6. The van der Waals surface area contributed by atoms with Crippen molar-refractivity contribution < 1.29 is 41.0 Å². The van der Waals surface area contributed by atoms with Crippen LogP contribution in [-0.4, -0.2) is 50.5 Å². The summed E-state index contributed by atoms with van der Waals surface area (Å²) in [6.07, 6.45) is -5.69. The number of ether oxygens (including phenoxy) is 2. The first-order valence-electron chi connectivity index (χ1n) is 9.02. The van der Waals surface area contributed by atoms with Crippen LogP contribution >= 0.6 is 0 Å². The maximum absolute atomic E-state index is 13.1. The van der Waals surface area contributed by atoms with Crippen molar-refractivity contribution in [3.8, 4) is 11.5 Å². The second-order valence-corrected chi connectivity index (χ2v) is 8.64. The number of cyclic esters (lactones) is 1. The molecule has 1 aliphatic heterocycles. The molecule has 1 saturated heterocycles. The number of sulfonamides is 1. The van der Waals surface area contributed by atoms with E-state index in [1.165, 1.54) is 18.9 Å². The van der Waals surface area contributed by atoms with E-state index in [-0.39, 0.29) is 6.61 Å². The highest BCUT2D eigenvalue weighted by molar-refractivity contribution is 7.89. The summed E-state index contributed by atoms with van der Waals surface area (Å²) in [5.74, 6) is -1.92. The maximum Gasteiger partial charge on any atom is 0.573 e. The fourth-order valence-electron chi connectivity index (χ4n) is 3.11. The smallest absolute Gasteiger partial charge is 0.506 e. The van der Waals surface area contributed by atoms with E-state index in [0.29, 0.717) is 17.8 Å². The standard InChI is InChI=1S/C19H19F3N2O6S/c1-12(13-5-3-6-14(11-13)24-9-10-29-18(24)26)23(2)31(27,28)17-15(25)7-4-8-16(17)30-19(20,21)22/h3-8,11-12,25H,9-10H2,1-2H3. The fraction of sp³-hybridized carbons (Fsp3) is 0.316. The van der Waals surface area contributed by atoms with E-state index in [9.17, 15) is 31.5 Å². The number of phenols is 1. The molecule has 1 heterocycles. The number of benzene rings is 2. The van der Waals surface area contributed by atoms with Gasteiger partial charge in [-0.05, 0) is 36.8 Å². The molecule has 2 aromatic carbocycles. The molecule has 8 nitrogen and oxygen atoms in total. The Morgan fingerprint density at radius 3 is 2.52 bits per heavy atom. The summed E-state index contributed by atoms with van der Waals surface area (Å²) < 4.78 is 73.9. The number of aromatic hydroxyl groups is 1. The normalized spacial score (nSPS) is 15.8. The average Bonchev–Trinajstić information content (AvgIpc) is 3.11. The SMILES string of the molecule is CC(c1cccc(N2CCOC2=O)c1)N(C)S(=O)(=O)c1c(O)cccc1OC(F)(F)F. The van der Waals surface area contributed by atoms with Crippen LogP contribution in [-0.2, 0) is 14.8 Å². The number of alkyl halides is 3. The van der Waals surface area contributed by atoms with Crippen LogP contribution in [0.15, 0.2) is 47.4 Å². The molecule has 1 fully saturated rings. The molecular formula is C19H19F3N2O6S. The van der Waals surface area contributed by atoms with Gasteiger partial charge in [0.15, 0.2) is 10.6 Å². The first-order chi connectivity index (χ1) is 14.4. The predicted octanol–water partition coefficient (Wildman–Crippen LogP) is 3.63. The van der Waals surface area contributed by atoms with Gasteiger partial charge < -0.3 is 14.6 Å². The van der Waals surface area contributed by atoms with Crippen LogP contribution in [0.4, 0.5) is 23.7 Å². The van der Waals surface area contributed by atoms with Crippen LogP contribution in [0.5, 0.6) is 11.5 Å². The molecule has 0 saturated carbocycles. The highest BCUT2D eigenvalue weighted by Gasteiger charge is 2.38. The van der Waals surface area contributed by atoms with Crippen molar-refractivity contribution in [2.75, 3.05) is 25.1 Å². The van der Waals surface area contributed by atoms with Gasteiger partial charge in [0, 0.05) is 18.8 Å². The van der Waals surface area contributed by atoms with Crippen molar-refractivity contribution >= 4 is 21.8 Å². The zero-order valence-electron chi connectivity index (χ0n) is 16.5. The highest BCUT2D eigenvalue weighted by Crippen LogP contribution is 2.39. The molecule has 0 aromatic heterocycles. The van der Waals surface area contributed by atoms with Crippen LogP contribution in [0, 0.1) is 0 Å². The second-order valence-electron chi connectivity index (χ2n) is 6.71. The summed E-state index contributed by atoms with van der Waals surface area (Å²) in [6.45, 7) is 2.08. The molecular weight excluding hydrogens is 441 g/mol. The van der Waals surface area contributed by atoms with Gasteiger partial charge in [0.2, 0.25) is 0 Å². The summed E-state index contributed by atoms with van der Waals surface area (Å²) in [4.78, 5) is 12.2. The van der Waals surface area contributed by atoms with Gasteiger partial charge in [-0.1, -0.05) is 18.2 Å². The lowest BCUT2D eigenvalue weighted by Gasteiger charge is -2.27. The Morgan fingerprint density at radius 2 is 1.90 bits per heavy atom. The number of phenolic OH excluding ortho intramolecular Hbond substituents is 1. The van der Waals surface area contributed by atoms with Crippen LogP contribution < -0.4 is 9.64 Å². The lowest BCUT2D eigenvalue weighted by Crippen LogP contribution is -2.31. The minimum absolute atomic E-state index is 0.224. The largest absolute Gasteiger partial charge is 0.573 e. The maximum atomic E-state index is 13.1. The van der Waals surface area contributed by atoms with E-state index in [2.05, 4.69) is 4.74 Å². The first-order valence-corrected chi connectivity index (χ1v) is 10.5. The number of carbonyl (C=O) groups is 1. The second kappa shape index (κ2) is 8.27. The van der Waals surface area contributed by atoms with Crippen molar-refractivity contribution in [3.63, 3.8) is 0 Å². The molecule has 0 aliphatic carbocycles. The average molecular weight is 460 g/mol. The van der Waals surface area contributed by atoms with Gasteiger partial charge in [0.1, 0.15) is 12.4 Å². The molecule has 1 atom stereocenters. The lowest BCUT2D eigenvalue weighted by atomic mass is 10.1. The molecule has 1 unspecified atom stereocenters. The number of amides is 1. The topological polar surface area (TPSA) is 96.4 Å². The number of carbonyl (C=O) groups excluding carboxylic acids is 1. The Bertz CT molecular complexity index is 1090. The number of halogens is 3. The van der Waals surface area contributed by atoms with Gasteiger partial charge >= 0.3 is 12.5 Å². The van der Waals surface area contributed by atoms with E-state index >= 15 is 0 Å². The molecule has 1 N–H and O–H groups in total. The Hall–Kier alpha value is -2.99. The Morgan fingerprint density at radius 1 is 1.23 bits per heavy atom. The molecule has 12 heteroatoms. The summed E-state index contributed by atoms with van der Waals surface area (Å²) in [6, 6.07) is 8.40. The summed E-state index contributed by atoms with van der Waals surface area (Å²) in [5, 5.41) is 10.0. The summed E-state index contributed by atoms with van der Waals surface area (Å²) in [7, 11) is -3.44. The monoisotopic (exact) mass is 460 g/mol. The molecule has 1 aliphatic rings. The minimum Gasteiger partial charge on any atom is -0.506 e. The van der Waals surface area contributed by atoms with Crippen LogP contribution in [0.1, 0.15) is 18.5 Å². The van der Waals surface area contributed by atoms with Gasteiger partial charge in [-0.25, -0.2) is 13.2 Å². The molecule has 168 valence electrons. The minimum atomic E-state index is -5.15. The van der Waals surface area contributed by atoms with E-state index in [1.807, 2.05) is 0 Å². The molecule has 0 bridgehead atoms. The van der Waals surface area contributed by atoms with Gasteiger partial charge in [-0.2, -0.15) is 4.31 Å². The Labute approximate surface area is 176 Å². The van der Waals surface area contributed by atoms with Crippen LogP contribution in [0.3, 0.4) is 0 Å². The van der Waals surface area contributed by atoms with Gasteiger partial charge in [0.05, 0.1) is 6.54 Å². The third-order valence-corrected chi connectivity index (χ3v) is 6.79. The molecule has 1 amide bonds. The van der Waals surface area contributed by atoms with Crippen molar-refractivity contribution in [1.82, 2.24) is 4.31 Å². The number of nitrogens with zero attached hydrogens (tertiary/aromatic N) is 2. The number of anilines is 1. The molecule has 2 aromatic rings. The van der Waals surface area contributed by atoms with Crippen molar-refractivity contribution in [1.29, 1.82) is 0 Å². The number of hydrogen-bond donors (Lipinski definition) is 1. The molecule has 0 spiro atoms. The first kappa shape index (κ1) is 22.7. The molecule has 3 rings (SSSR count). The van der Waals surface area contributed by atoms with E-state index in [1.54, 1.807) is 24.3 Å². The fourth-order valence-corrected chi connectivity index (χ4v) is 4.63. The highest BCUT2D eigenvalue weighted by atomic mass is 32.2. The van der Waals surface area contributed by atoms with E-state index in [0.717, 1.165) is 22.5 Å². The Balaban J connectivity index is 1.96. The van der Waals surface area contributed by atoms with Crippen molar-refractivity contribution in [2.45, 2.75) is 24.2 Å². The van der Waals surface area contributed by atoms with E-state index in [4.69, 9.17) is 4.74 Å². The zero-order chi connectivity index (χ0) is 23.0. The van der Waals surface area contributed by atoms with Gasteiger partial charge in [-0.15, -0.1) is 13.2 Å². The van der Waals surface area contributed by atoms with Gasteiger partial charge in [0.25, 0.3) is 10.0 Å². The Kier molecular flexibility index (Phi) is 6.05. The summed E-state index contributed by atoms with van der Waals surface area (Å²) in [5.41, 5.74) is 0.957. The number of rotatable bonds is 6. The van der Waals surface area contributed by atoms with Crippen molar-refractivity contribution in [3.05, 3.63) is 48.0 Å². The molecule has 0 radical (unpaired) electrons. The predicted molar refractivity (Wildman–Crippen MR) is 103 cm³/mol. The van der Waals surface area contributed by atoms with Crippen molar-refractivity contribution in [2.24, 2.45) is 0 Å². The van der Waals surface area contributed by atoms with Gasteiger partial charge in [-0.3, -0.25) is 4.90 Å². The van der Waals surface area contributed by atoms with E-state index < -0.39 is 44.9 Å². The summed E-state index contributed by atoms with van der Waals surface area (Å²) >= 11 is 0. The lowest BCUT2D eigenvalue weighted by molar-refractivity contribution is -0.275. The van der Waals surface area contributed by atoms with Crippen LogP contribution in [0.25, 0.3) is 0 Å². The third kappa shape index (κ3) is 4.69. The van der Waals surface area contributed by atoms with Crippen LogP contribution in [0.2, 0.25) is 0 Å². The quantitative estimate of drug-likeness (QED) is 0.707. The third-order valence-electron chi connectivity index (χ3n) is 4.79. The zero-order valence-corrected chi connectivity index (χ0v) is 17.3. The molecule has 31 heavy (non-hydrogen) atoms.